The van der Waals surface area contributed by atoms with Gasteiger partial charge in [0.2, 0.25) is 11.8 Å². The minimum Gasteiger partial charge on any atom is -0.474 e. The molecule has 2 heterocycles. The molecule has 3 aliphatic rings. The molecule has 0 spiro atoms. The number of aromatic nitrogens is 1. The smallest absolute Gasteiger partial charge is 0.252 e. The molecule has 3 fully saturated rings. The van der Waals surface area contributed by atoms with Crippen LogP contribution >= 0.6 is 0 Å². The van der Waals surface area contributed by atoms with Gasteiger partial charge in [0.1, 0.15) is 6.10 Å². The first-order valence-corrected chi connectivity index (χ1v) is 11.0. The van der Waals surface area contributed by atoms with Crippen molar-refractivity contribution in [3.63, 3.8) is 0 Å². The molecule has 0 atom stereocenters. The first-order valence-electron chi connectivity index (χ1n) is 11.0. The number of nitrogens with one attached hydrogen (secondary N) is 1. The Balaban J connectivity index is 1.21. The van der Waals surface area contributed by atoms with Gasteiger partial charge in [-0.15, -0.1) is 0 Å². The molecule has 2 aliphatic carbocycles. The number of amides is 2. The van der Waals surface area contributed by atoms with Crippen LogP contribution in [0.4, 0.5) is 0 Å². The summed E-state index contributed by atoms with van der Waals surface area (Å²) in [6, 6.07) is 4.24. The van der Waals surface area contributed by atoms with E-state index in [1.807, 2.05) is 0 Å². The average Bonchev–Trinajstić information content (AvgIpc) is 2.73. The van der Waals surface area contributed by atoms with Gasteiger partial charge in [0, 0.05) is 57.4 Å². The zero-order valence-electron chi connectivity index (χ0n) is 17.3. The van der Waals surface area contributed by atoms with Crippen LogP contribution in [-0.4, -0.2) is 72.0 Å². The Bertz CT molecular complexity index is 703. The fraction of sp³-hybridized carbons (Fsp3) is 0.682. The van der Waals surface area contributed by atoms with Gasteiger partial charge in [-0.2, -0.15) is 0 Å². The summed E-state index contributed by atoms with van der Waals surface area (Å²) in [7, 11) is 1.60. The van der Waals surface area contributed by atoms with Crippen LogP contribution in [0, 0.1) is 5.92 Å². The van der Waals surface area contributed by atoms with E-state index < -0.39 is 0 Å². The molecule has 0 radical (unpaired) electrons. The standard InChI is InChI=1S/C22H32N4O3/c1-23-21(27)17-7-10-20(24-15-17)29-19-8-5-16(6-9-19)22(28)26-13-11-25(12-14-26)18-3-2-4-18/h7,10,15-16,18-19H,2-6,8-9,11-14H2,1H3,(H,23,27)/t16-,19-. The lowest BCUT2D eigenvalue weighted by Crippen LogP contribution is -2.54. The van der Waals surface area contributed by atoms with Crippen molar-refractivity contribution in [2.24, 2.45) is 5.92 Å². The SMILES string of the molecule is CNC(=O)c1ccc(O[C@H]2CC[C@H](C(=O)N3CCN(C4CCC4)CC3)CC2)nc1. The van der Waals surface area contributed by atoms with Crippen LogP contribution in [0.15, 0.2) is 18.3 Å². The molecule has 0 aromatic carbocycles. The summed E-state index contributed by atoms with van der Waals surface area (Å²) in [5.41, 5.74) is 0.520. The highest BCUT2D eigenvalue weighted by atomic mass is 16.5. The monoisotopic (exact) mass is 400 g/mol. The second-order valence-corrected chi connectivity index (χ2v) is 8.50. The molecule has 2 saturated carbocycles. The molecule has 1 aromatic heterocycles. The number of ether oxygens (including phenoxy) is 1. The molecule has 158 valence electrons. The number of rotatable bonds is 5. The van der Waals surface area contributed by atoms with Crippen LogP contribution in [0.2, 0.25) is 0 Å². The van der Waals surface area contributed by atoms with E-state index in [4.69, 9.17) is 4.74 Å². The Labute approximate surface area is 172 Å². The molecule has 1 aliphatic heterocycles. The topological polar surface area (TPSA) is 74.8 Å². The van der Waals surface area contributed by atoms with Crippen LogP contribution in [0.5, 0.6) is 5.88 Å². The maximum atomic E-state index is 12.9. The van der Waals surface area contributed by atoms with Gasteiger partial charge in [0.25, 0.3) is 5.91 Å². The highest BCUT2D eigenvalue weighted by Crippen LogP contribution is 2.30. The number of hydrogen-bond donors (Lipinski definition) is 1. The summed E-state index contributed by atoms with van der Waals surface area (Å²) in [5.74, 6) is 0.856. The molecule has 0 unspecified atom stereocenters. The van der Waals surface area contributed by atoms with Gasteiger partial charge in [0.05, 0.1) is 5.56 Å². The fourth-order valence-corrected chi connectivity index (χ4v) is 4.64. The average molecular weight is 401 g/mol. The summed E-state index contributed by atoms with van der Waals surface area (Å²) >= 11 is 0. The third-order valence-electron chi connectivity index (χ3n) is 6.75. The van der Waals surface area contributed by atoms with Crippen molar-refractivity contribution in [2.45, 2.75) is 57.1 Å². The van der Waals surface area contributed by atoms with E-state index in [0.29, 0.717) is 17.4 Å². The van der Waals surface area contributed by atoms with Gasteiger partial charge < -0.3 is 15.0 Å². The fourth-order valence-electron chi connectivity index (χ4n) is 4.64. The van der Waals surface area contributed by atoms with E-state index in [9.17, 15) is 9.59 Å². The van der Waals surface area contributed by atoms with Crippen molar-refractivity contribution in [2.75, 3.05) is 33.2 Å². The number of nitrogens with zero attached hydrogens (tertiary/aromatic N) is 3. The largest absolute Gasteiger partial charge is 0.474 e. The minimum absolute atomic E-state index is 0.0906. The predicted molar refractivity (Wildman–Crippen MR) is 110 cm³/mol. The van der Waals surface area contributed by atoms with Crippen molar-refractivity contribution in [1.29, 1.82) is 0 Å². The lowest BCUT2D eigenvalue weighted by Gasteiger charge is -2.43. The van der Waals surface area contributed by atoms with Crippen LogP contribution in [0.1, 0.15) is 55.3 Å². The number of pyridine rings is 1. The van der Waals surface area contributed by atoms with Crippen LogP contribution in [0.3, 0.4) is 0 Å². The lowest BCUT2D eigenvalue weighted by molar-refractivity contribution is -0.139. The zero-order chi connectivity index (χ0) is 20.2. The summed E-state index contributed by atoms with van der Waals surface area (Å²) in [5, 5.41) is 2.58. The molecule has 7 heteroatoms. The molecule has 29 heavy (non-hydrogen) atoms. The van der Waals surface area contributed by atoms with Gasteiger partial charge >= 0.3 is 0 Å². The second kappa shape index (κ2) is 9.11. The van der Waals surface area contributed by atoms with Gasteiger partial charge in [-0.25, -0.2) is 4.98 Å². The molecule has 2 amide bonds. The summed E-state index contributed by atoms with van der Waals surface area (Å²) in [6.45, 7) is 3.83. The van der Waals surface area contributed by atoms with E-state index >= 15 is 0 Å². The molecule has 4 rings (SSSR count). The van der Waals surface area contributed by atoms with Crippen molar-refractivity contribution < 1.29 is 14.3 Å². The number of hydrogen-bond acceptors (Lipinski definition) is 5. The molecule has 1 aromatic rings. The third-order valence-corrected chi connectivity index (χ3v) is 6.75. The quantitative estimate of drug-likeness (QED) is 0.819. The second-order valence-electron chi connectivity index (χ2n) is 8.50. The maximum absolute atomic E-state index is 12.9. The van der Waals surface area contributed by atoms with Crippen LogP contribution in [-0.2, 0) is 4.79 Å². The number of piperazine rings is 1. The van der Waals surface area contributed by atoms with E-state index in [2.05, 4.69) is 20.1 Å². The molecular formula is C22H32N4O3. The first-order chi connectivity index (χ1) is 14.1. The first kappa shape index (κ1) is 20.1. The minimum atomic E-state index is -0.156. The molecule has 0 bridgehead atoms. The van der Waals surface area contributed by atoms with E-state index in [1.165, 1.54) is 25.5 Å². The van der Waals surface area contributed by atoms with Gasteiger partial charge in [-0.3, -0.25) is 14.5 Å². The van der Waals surface area contributed by atoms with E-state index in [0.717, 1.165) is 57.9 Å². The summed E-state index contributed by atoms with van der Waals surface area (Å²) in [4.78, 5) is 33.4. The van der Waals surface area contributed by atoms with Gasteiger partial charge in [-0.1, -0.05) is 6.42 Å². The summed E-state index contributed by atoms with van der Waals surface area (Å²) in [6.07, 6.45) is 9.16. The number of carbonyl (C=O) groups excluding carboxylic acids is 2. The highest BCUT2D eigenvalue weighted by molar-refractivity contribution is 5.93. The normalized spacial score (nSPS) is 25.9. The summed E-state index contributed by atoms with van der Waals surface area (Å²) < 4.78 is 5.98. The zero-order valence-corrected chi connectivity index (χ0v) is 17.3. The van der Waals surface area contributed by atoms with Crippen molar-refractivity contribution in [1.82, 2.24) is 20.1 Å². The Morgan fingerprint density at radius 3 is 2.31 bits per heavy atom. The van der Waals surface area contributed by atoms with Crippen LogP contribution in [0.25, 0.3) is 0 Å². The van der Waals surface area contributed by atoms with Crippen LogP contribution < -0.4 is 10.1 Å². The van der Waals surface area contributed by atoms with Gasteiger partial charge in [-0.05, 0) is 44.6 Å². The van der Waals surface area contributed by atoms with E-state index in [1.54, 1.807) is 19.2 Å². The van der Waals surface area contributed by atoms with Crippen molar-refractivity contribution >= 4 is 11.8 Å². The van der Waals surface area contributed by atoms with E-state index in [-0.39, 0.29) is 17.9 Å². The molecule has 7 nitrogen and oxygen atoms in total. The molecular weight excluding hydrogens is 368 g/mol. The Morgan fingerprint density at radius 1 is 1.03 bits per heavy atom. The molecule has 1 N–H and O–H groups in total. The third kappa shape index (κ3) is 4.71. The predicted octanol–water partition coefficient (Wildman–Crippen LogP) is 2.08. The highest BCUT2D eigenvalue weighted by Gasteiger charge is 2.34. The Morgan fingerprint density at radius 2 is 1.76 bits per heavy atom. The Hall–Kier alpha value is -2.15. The molecule has 1 saturated heterocycles. The maximum Gasteiger partial charge on any atom is 0.252 e. The van der Waals surface area contributed by atoms with Crippen molar-refractivity contribution in [3.8, 4) is 5.88 Å². The number of carbonyl (C=O) groups is 2. The van der Waals surface area contributed by atoms with Crippen molar-refractivity contribution in [3.05, 3.63) is 23.9 Å². The lowest BCUT2D eigenvalue weighted by atomic mass is 9.86. The van der Waals surface area contributed by atoms with Gasteiger partial charge in [0.15, 0.2) is 0 Å². The Kier molecular flexibility index (Phi) is 6.33.